The minimum absolute atomic E-state index is 0.194. The van der Waals surface area contributed by atoms with Gasteiger partial charge in [-0.15, -0.1) is 21.5 Å². The number of nitrogens with zero attached hydrogens (tertiary/aromatic N) is 3. The van der Waals surface area contributed by atoms with Crippen LogP contribution in [-0.2, 0) is 24.3 Å². The molecule has 6 nitrogen and oxygen atoms in total. The maximum atomic E-state index is 14.3. The van der Waals surface area contributed by atoms with Crippen molar-refractivity contribution in [1.29, 1.82) is 0 Å². The minimum atomic E-state index is -0.330. The molecule has 0 aliphatic carbocycles. The molecule has 0 saturated carbocycles. The Morgan fingerprint density at radius 3 is 2.87 bits per heavy atom. The number of fused-ring (bicyclic) bond motifs is 1. The molecular weight excluding hydrogens is 423 g/mol. The third-order valence-electron chi connectivity index (χ3n) is 4.64. The molecule has 0 atom stereocenters. The summed E-state index contributed by atoms with van der Waals surface area (Å²) >= 11 is 2.88. The molecule has 30 heavy (non-hydrogen) atoms. The summed E-state index contributed by atoms with van der Waals surface area (Å²) in [6.45, 7) is 5.91. The van der Waals surface area contributed by atoms with Gasteiger partial charge in [0, 0.05) is 42.3 Å². The second kappa shape index (κ2) is 10.4. The summed E-state index contributed by atoms with van der Waals surface area (Å²) in [5, 5.41) is 12.9. The van der Waals surface area contributed by atoms with E-state index >= 15 is 0 Å². The number of carbonyl (C=O) groups excluding carboxylic acids is 1. The van der Waals surface area contributed by atoms with Crippen molar-refractivity contribution in [3.05, 3.63) is 40.3 Å². The topological polar surface area (TPSA) is 69.0 Å². The molecule has 9 heteroatoms. The number of hydrogen-bond donors (Lipinski definition) is 1. The van der Waals surface area contributed by atoms with E-state index in [1.54, 1.807) is 24.9 Å². The molecule has 3 rings (SSSR count). The largest absolute Gasteiger partial charge is 0.380 e. The summed E-state index contributed by atoms with van der Waals surface area (Å²) in [7, 11) is 1.54. The maximum Gasteiger partial charge on any atom is 0.261 e. The van der Waals surface area contributed by atoms with E-state index in [1.165, 1.54) is 17.4 Å². The molecule has 3 aromatic rings. The van der Waals surface area contributed by atoms with Crippen molar-refractivity contribution in [3.8, 4) is 0 Å². The lowest BCUT2D eigenvalue weighted by molar-refractivity contribution is 0.0953. The maximum absolute atomic E-state index is 14.3. The van der Waals surface area contributed by atoms with Gasteiger partial charge in [0.15, 0.2) is 5.16 Å². The number of rotatable bonds is 10. The number of thiophene rings is 1. The molecule has 1 aromatic carbocycles. The normalized spacial score (nSPS) is 11.5. The smallest absolute Gasteiger partial charge is 0.261 e. The molecule has 0 aliphatic rings. The molecule has 162 valence electrons. The molecule has 0 saturated heterocycles. The monoisotopic (exact) mass is 450 g/mol. The van der Waals surface area contributed by atoms with Crippen LogP contribution in [0.1, 0.15) is 41.3 Å². The van der Waals surface area contributed by atoms with Crippen LogP contribution < -0.4 is 5.32 Å². The molecule has 0 bridgehead atoms. The molecule has 1 N–H and O–H groups in total. The van der Waals surface area contributed by atoms with E-state index < -0.39 is 0 Å². The highest BCUT2D eigenvalue weighted by Gasteiger charge is 2.20. The molecular formula is C21H27FN4O2S2. The van der Waals surface area contributed by atoms with Crippen molar-refractivity contribution in [2.75, 3.05) is 19.9 Å². The quantitative estimate of drug-likeness (QED) is 0.363. The summed E-state index contributed by atoms with van der Waals surface area (Å²) in [6.07, 6.45) is 3.47. The summed E-state index contributed by atoms with van der Waals surface area (Å²) < 4.78 is 22.4. The Morgan fingerprint density at radius 2 is 2.17 bits per heavy atom. The van der Waals surface area contributed by atoms with E-state index in [0.717, 1.165) is 35.1 Å². The van der Waals surface area contributed by atoms with Gasteiger partial charge in [-0.2, -0.15) is 0 Å². The number of carbonyl (C=O) groups is 1. The van der Waals surface area contributed by atoms with E-state index in [2.05, 4.69) is 33.9 Å². The predicted octanol–water partition coefficient (Wildman–Crippen LogP) is 4.52. The lowest BCUT2D eigenvalue weighted by atomic mass is 10.1. The first-order valence-electron chi connectivity index (χ1n) is 9.89. The van der Waals surface area contributed by atoms with Gasteiger partial charge in [0.25, 0.3) is 5.91 Å². The predicted molar refractivity (Wildman–Crippen MR) is 120 cm³/mol. The standard InChI is InChI=1S/C21H27FN4O2S2/c1-13(2)11-26-17(24-25-21(26)29-4)9-6-10-23-20(27)19-14(12-28-3)18-15(22)7-5-8-16(18)30-19/h5,7-8,13H,6,9-12H2,1-4H3,(H,23,27). The van der Waals surface area contributed by atoms with Gasteiger partial charge < -0.3 is 14.6 Å². The Labute approximate surface area is 184 Å². The summed E-state index contributed by atoms with van der Waals surface area (Å²) in [5.41, 5.74) is 0.606. The SMILES string of the molecule is COCc1c(C(=O)NCCCc2nnc(SC)n2CC(C)C)sc2cccc(F)c12. The number of thioether (sulfide) groups is 1. The number of amides is 1. The van der Waals surface area contributed by atoms with Gasteiger partial charge in [0.05, 0.1) is 11.5 Å². The first kappa shape index (κ1) is 22.7. The summed E-state index contributed by atoms with van der Waals surface area (Å²) in [5.74, 6) is 0.907. The Hall–Kier alpha value is -1.97. The molecule has 0 spiro atoms. The molecule has 2 heterocycles. The van der Waals surface area contributed by atoms with E-state index in [0.29, 0.717) is 28.3 Å². The fourth-order valence-electron chi connectivity index (χ4n) is 3.36. The average Bonchev–Trinajstić information content (AvgIpc) is 3.27. The first-order valence-corrected chi connectivity index (χ1v) is 11.9. The van der Waals surface area contributed by atoms with Crippen LogP contribution in [0.5, 0.6) is 0 Å². The summed E-state index contributed by atoms with van der Waals surface area (Å²) in [6, 6.07) is 4.89. The number of hydrogen-bond acceptors (Lipinski definition) is 6. The Morgan fingerprint density at radius 1 is 1.37 bits per heavy atom. The van der Waals surface area contributed by atoms with Gasteiger partial charge in [0.1, 0.15) is 11.6 Å². The number of methoxy groups -OCH3 is 1. The zero-order valence-electron chi connectivity index (χ0n) is 17.7. The van der Waals surface area contributed by atoms with Crippen LogP contribution in [-0.4, -0.2) is 40.6 Å². The highest BCUT2D eigenvalue weighted by molar-refractivity contribution is 7.98. The molecule has 2 aromatic heterocycles. The van der Waals surface area contributed by atoms with Gasteiger partial charge >= 0.3 is 0 Å². The molecule has 0 fully saturated rings. The van der Waals surface area contributed by atoms with Crippen molar-refractivity contribution < 1.29 is 13.9 Å². The van der Waals surface area contributed by atoms with E-state index in [4.69, 9.17) is 4.74 Å². The highest BCUT2D eigenvalue weighted by Crippen LogP contribution is 2.33. The van der Waals surface area contributed by atoms with Gasteiger partial charge in [-0.1, -0.05) is 31.7 Å². The molecule has 1 amide bonds. The first-order chi connectivity index (χ1) is 14.5. The number of ether oxygens (including phenoxy) is 1. The van der Waals surface area contributed by atoms with E-state index in [-0.39, 0.29) is 18.3 Å². The van der Waals surface area contributed by atoms with Crippen LogP contribution in [0.4, 0.5) is 4.39 Å². The number of aryl methyl sites for hydroxylation is 1. The summed E-state index contributed by atoms with van der Waals surface area (Å²) in [4.78, 5) is 13.3. The second-order valence-electron chi connectivity index (χ2n) is 7.42. The third kappa shape index (κ3) is 5.01. The van der Waals surface area contributed by atoms with Crippen LogP contribution in [0, 0.1) is 11.7 Å². The number of benzene rings is 1. The number of nitrogens with one attached hydrogen (secondary N) is 1. The zero-order valence-corrected chi connectivity index (χ0v) is 19.3. The van der Waals surface area contributed by atoms with E-state index in [1.807, 2.05) is 12.3 Å². The Kier molecular flexibility index (Phi) is 7.85. The fourth-order valence-corrected chi connectivity index (χ4v) is 5.03. The Bertz CT molecular complexity index is 1020. The number of aromatic nitrogens is 3. The Balaban J connectivity index is 1.65. The molecule has 0 aliphatic heterocycles. The van der Waals surface area contributed by atoms with Crippen molar-refractivity contribution in [3.63, 3.8) is 0 Å². The van der Waals surface area contributed by atoms with Crippen molar-refractivity contribution >= 4 is 39.1 Å². The van der Waals surface area contributed by atoms with Crippen LogP contribution in [0.3, 0.4) is 0 Å². The third-order valence-corrected chi connectivity index (χ3v) is 6.51. The van der Waals surface area contributed by atoms with Crippen LogP contribution in [0.2, 0.25) is 0 Å². The molecule has 0 unspecified atom stereocenters. The van der Waals surface area contributed by atoms with Crippen molar-refractivity contribution in [2.45, 2.75) is 45.0 Å². The average molecular weight is 451 g/mol. The van der Waals surface area contributed by atoms with Crippen LogP contribution >= 0.6 is 23.1 Å². The van der Waals surface area contributed by atoms with Crippen molar-refractivity contribution in [2.24, 2.45) is 5.92 Å². The fraction of sp³-hybridized carbons (Fsp3) is 0.476. The number of halogens is 1. The van der Waals surface area contributed by atoms with Gasteiger partial charge in [-0.05, 0) is 30.7 Å². The van der Waals surface area contributed by atoms with Crippen molar-refractivity contribution in [1.82, 2.24) is 20.1 Å². The van der Waals surface area contributed by atoms with Gasteiger partial charge in [-0.3, -0.25) is 4.79 Å². The van der Waals surface area contributed by atoms with Gasteiger partial charge in [0.2, 0.25) is 0 Å². The minimum Gasteiger partial charge on any atom is -0.380 e. The van der Waals surface area contributed by atoms with Gasteiger partial charge in [-0.25, -0.2) is 4.39 Å². The van der Waals surface area contributed by atoms with Crippen LogP contribution in [0.15, 0.2) is 23.4 Å². The molecule has 0 radical (unpaired) electrons. The second-order valence-corrected chi connectivity index (χ2v) is 9.25. The zero-order chi connectivity index (χ0) is 21.7. The van der Waals surface area contributed by atoms with E-state index in [9.17, 15) is 9.18 Å². The lowest BCUT2D eigenvalue weighted by Crippen LogP contribution is -2.25. The van der Waals surface area contributed by atoms with Crippen LogP contribution in [0.25, 0.3) is 10.1 Å². The lowest BCUT2D eigenvalue weighted by Gasteiger charge is -2.12. The highest BCUT2D eigenvalue weighted by atomic mass is 32.2.